The summed E-state index contributed by atoms with van der Waals surface area (Å²) in [5.74, 6) is 0. The van der Waals surface area contributed by atoms with Gasteiger partial charge in [0.2, 0.25) is 0 Å². The van der Waals surface area contributed by atoms with Gasteiger partial charge in [0.1, 0.15) is 0 Å². The van der Waals surface area contributed by atoms with Crippen molar-refractivity contribution in [3.8, 4) is 0 Å². The summed E-state index contributed by atoms with van der Waals surface area (Å²) in [4.78, 5) is 4.07. The van der Waals surface area contributed by atoms with Crippen molar-refractivity contribution in [1.29, 1.82) is 0 Å². The molecule has 1 heterocycles. The van der Waals surface area contributed by atoms with Gasteiger partial charge in [-0.3, -0.25) is 4.98 Å². The first-order chi connectivity index (χ1) is 6.77. The number of nitrogens with one attached hydrogen (secondary N) is 1. The lowest BCUT2D eigenvalue weighted by molar-refractivity contribution is 0.238. The number of hydrogen-bond donors (Lipinski definition) is 2. The first-order valence-electron chi connectivity index (χ1n) is 5.01. The summed E-state index contributed by atoms with van der Waals surface area (Å²) in [6, 6.07) is 2.19. The SMILES string of the molecule is CCC(CO)NCc1cnccc1C. The summed E-state index contributed by atoms with van der Waals surface area (Å²) >= 11 is 0. The number of hydrogen-bond acceptors (Lipinski definition) is 3. The monoisotopic (exact) mass is 194 g/mol. The molecule has 3 heteroatoms. The van der Waals surface area contributed by atoms with E-state index in [1.54, 1.807) is 6.20 Å². The zero-order valence-electron chi connectivity index (χ0n) is 8.83. The fourth-order valence-corrected chi connectivity index (χ4v) is 1.27. The minimum atomic E-state index is 0.189. The van der Waals surface area contributed by atoms with Gasteiger partial charge >= 0.3 is 0 Å². The minimum absolute atomic E-state index is 0.189. The Morgan fingerprint density at radius 2 is 2.36 bits per heavy atom. The Balaban J connectivity index is 2.49. The zero-order chi connectivity index (χ0) is 10.4. The topological polar surface area (TPSA) is 45.1 Å². The quantitative estimate of drug-likeness (QED) is 0.741. The molecule has 0 aliphatic carbocycles. The van der Waals surface area contributed by atoms with Crippen LogP contribution in [0.3, 0.4) is 0 Å². The van der Waals surface area contributed by atoms with Crippen molar-refractivity contribution in [3.63, 3.8) is 0 Å². The maximum atomic E-state index is 9.00. The van der Waals surface area contributed by atoms with E-state index in [4.69, 9.17) is 5.11 Å². The minimum Gasteiger partial charge on any atom is -0.395 e. The lowest BCUT2D eigenvalue weighted by Gasteiger charge is -2.14. The molecule has 0 bridgehead atoms. The summed E-state index contributed by atoms with van der Waals surface area (Å²) in [5, 5.41) is 12.3. The molecule has 1 rings (SSSR count). The largest absolute Gasteiger partial charge is 0.395 e. The maximum Gasteiger partial charge on any atom is 0.0584 e. The molecular formula is C11H18N2O. The van der Waals surface area contributed by atoms with Crippen molar-refractivity contribution >= 4 is 0 Å². The molecule has 2 N–H and O–H groups in total. The second-order valence-corrected chi connectivity index (χ2v) is 3.47. The zero-order valence-corrected chi connectivity index (χ0v) is 8.83. The first-order valence-corrected chi connectivity index (χ1v) is 5.01. The lowest BCUT2D eigenvalue weighted by Crippen LogP contribution is -2.31. The van der Waals surface area contributed by atoms with Gasteiger partial charge in [0, 0.05) is 25.0 Å². The van der Waals surface area contributed by atoms with Gasteiger partial charge in [0.15, 0.2) is 0 Å². The van der Waals surface area contributed by atoms with Crippen LogP contribution in [0.2, 0.25) is 0 Å². The summed E-state index contributed by atoms with van der Waals surface area (Å²) in [6.07, 6.45) is 4.60. The predicted octanol–water partition coefficient (Wildman–Crippen LogP) is 1.25. The van der Waals surface area contributed by atoms with Crippen LogP contribution in [0.4, 0.5) is 0 Å². The number of aliphatic hydroxyl groups is 1. The molecule has 1 unspecified atom stereocenters. The fraction of sp³-hybridized carbons (Fsp3) is 0.545. The summed E-state index contributed by atoms with van der Waals surface area (Å²) in [5.41, 5.74) is 2.43. The molecule has 0 saturated carbocycles. The molecule has 1 atom stereocenters. The molecule has 0 aromatic carbocycles. The predicted molar refractivity (Wildman–Crippen MR) is 57.0 cm³/mol. The molecular weight excluding hydrogens is 176 g/mol. The van der Waals surface area contributed by atoms with Gasteiger partial charge in [-0.15, -0.1) is 0 Å². The third-order valence-corrected chi connectivity index (χ3v) is 2.44. The van der Waals surface area contributed by atoms with E-state index in [1.165, 1.54) is 11.1 Å². The van der Waals surface area contributed by atoms with Crippen molar-refractivity contribution in [1.82, 2.24) is 10.3 Å². The van der Waals surface area contributed by atoms with E-state index >= 15 is 0 Å². The number of nitrogens with zero attached hydrogens (tertiary/aromatic N) is 1. The molecule has 0 aliphatic rings. The highest BCUT2D eigenvalue weighted by molar-refractivity contribution is 5.21. The third kappa shape index (κ3) is 3.09. The molecule has 0 spiro atoms. The van der Waals surface area contributed by atoms with E-state index in [-0.39, 0.29) is 12.6 Å². The molecule has 0 aliphatic heterocycles. The van der Waals surface area contributed by atoms with Crippen LogP contribution in [0, 0.1) is 6.92 Å². The van der Waals surface area contributed by atoms with Crippen molar-refractivity contribution < 1.29 is 5.11 Å². The summed E-state index contributed by atoms with van der Waals surface area (Å²) < 4.78 is 0. The Hall–Kier alpha value is -0.930. The van der Waals surface area contributed by atoms with Gasteiger partial charge in [-0.05, 0) is 30.5 Å². The second kappa shape index (κ2) is 5.73. The molecule has 1 aromatic heterocycles. The number of aryl methyl sites for hydroxylation is 1. The van der Waals surface area contributed by atoms with E-state index in [9.17, 15) is 0 Å². The second-order valence-electron chi connectivity index (χ2n) is 3.47. The fourth-order valence-electron chi connectivity index (χ4n) is 1.27. The Labute approximate surface area is 85.2 Å². The first kappa shape index (κ1) is 11.1. The summed E-state index contributed by atoms with van der Waals surface area (Å²) in [6.45, 7) is 5.09. The van der Waals surface area contributed by atoms with E-state index in [0.29, 0.717) is 0 Å². The number of aromatic nitrogens is 1. The third-order valence-electron chi connectivity index (χ3n) is 2.44. The van der Waals surface area contributed by atoms with Gasteiger partial charge in [0.05, 0.1) is 6.61 Å². The van der Waals surface area contributed by atoms with Crippen LogP contribution >= 0.6 is 0 Å². The Morgan fingerprint density at radius 3 is 2.93 bits per heavy atom. The van der Waals surface area contributed by atoms with Crippen LogP contribution < -0.4 is 5.32 Å². The van der Waals surface area contributed by atoms with Crippen LogP contribution in [0.5, 0.6) is 0 Å². The van der Waals surface area contributed by atoms with Gasteiger partial charge in [0.25, 0.3) is 0 Å². The average Bonchev–Trinajstić information content (AvgIpc) is 2.22. The highest BCUT2D eigenvalue weighted by Crippen LogP contribution is 2.04. The number of pyridine rings is 1. The molecule has 0 saturated heterocycles. The van der Waals surface area contributed by atoms with Crippen LogP contribution in [0.25, 0.3) is 0 Å². The van der Waals surface area contributed by atoms with E-state index in [1.807, 2.05) is 12.3 Å². The molecule has 3 nitrogen and oxygen atoms in total. The molecule has 0 radical (unpaired) electrons. The van der Waals surface area contributed by atoms with E-state index in [2.05, 4.69) is 24.1 Å². The van der Waals surface area contributed by atoms with Gasteiger partial charge < -0.3 is 10.4 Å². The molecule has 0 fully saturated rings. The van der Waals surface area contributed by atoms with Crippen LogP contribution in [-0.4, -0.2) is 22.7 Å². The van der Waals surface area contributed by atoms with Gasteiger partial charge in [-0.25, -0.2) is 0 Å². The Morgan fingerprint density at radius 1 is 1.57 bits per heavy atom. The normalized spacial score (nSPS) is 12.8. The molecule has 78 valence electrons. The Kier molecular flexibility index (Phi) is 4.56. The van der Waals surface area contributed by atoms with Crippen LogP contribution in [-0.2, 0) is 6.54 Å². The standard InChI is InChI=1S/C11H18N2O/c1-3-11(8-14)13-7-10-6-12-5-4-9(10)2/h4-6,11,13-14H,3,7-8H2,1-2H3. The van der Waals surface area contributed by atoms with E-state index < -0.39 is 0 Å². The number of rotatable bonds is 5. The lowest BCUT2D eigenvalue weighted by atomic mass is 10.1. The average molecular weight is 194 g/mol. The van der Waals surface area contributed by atoms with E-state index in [0.717, 1.165) is 13.0 Å². The Bertz CT molecular complexity index is 272. The molecule has 0 amide bonds. The molecule has 1 aromatic rings. The highest BCUT2D eigenvalue weighted by Gasteiger charge is 2.04. The number of aliphatic hydroxyl groups excluding tert-OH is 1. The van der Waals surface area contributed by atoms with Gasteiger partial charge in [-0.1, -0.05) is 6.92 Å². The van der Waals surface area contributed by atoms with Crippen LogP contribution in [0.15, 0.2) is 18.5 Å². The summed E-state index contributed by atoms with van der Waals surface area (Å²) in [7, 11) is 0. The smallest absolute Gasteiger partial charge is 0.0584 e. The van der Waals surface area contributed by atoms with Crippen LogP contribution in [0.1, 0.15) is 24.5 Å². The molecule has 14 heavy (non-hydrogen) atoms. The van der Waals surface area contributed by atoms with Crippen molar-refractivity contribution in [3.05, 3.63) is 29.6 Å². The van der Waals surface area contributed by atoms with Crippen molar-refractivity contribution in [2.75, 3.05) is 6.61 Å². The van der Waals surface area contributed by atoms with Gasteiger partial charge in [-0.2, -0.15) is 0 Å². The van der Waals surface area contributed by atoms with Crippen molar-refractivity contribution in [2.45, 2.75) is 32.9 Å². The maximum absolute atomic E-state index is 9.00. The van der Waals surface area contributed by atoms with Crippen molar-refractivity contribution in [2.24, 2.45) is 0 Å². The highest BCUT2D eigenvalue weighted by atomic mass is 16.3.